The van der Waals surface area contributed by atoms with Gasteiger partial charge in [0.15, 0.2) is 5.54 Å². The van der Waals surface area contributed by atoms with E-state index in [4.69, 9.17) is 15.9 Å². The van der Waals surface area contributed by atoms with Gasteiger partial charge in [0.1, 0.15) is 6.10 Å². The smallest absolute Gasteiger partial charge is 0.328 e. The Bertz CT molecular complexity index is 366. The van der Waals surface area contributed by atoms with Gasteiger partial charge in [-0.2, -0.15) is 0 Å². The van der Waals surface area contributed by atoms with Crippen molar-refractivity contribution in [3.63, 3.8) is 0 Å². The van der Waals surface area contributed by atoms with Crippen LogP contribution in [0.1, 0.15) is 103 Å². The van der Waals surface area contributed by atoms with Gasteiger partial charge in [0.25, 0.3) is 0 Å². The Morgan fingerprint density at radius 3 is 1.52 bits per heavy atom. The molecule has 6 nitrogen and oxygen atoms in total. The van der Waals surface area contributed by atoms with Crippen molar-refractivity contribution in [3.05, 3.63) is 0 Å². The van der Waals surface area contributed by atoms with Crippen molar-refractivity contribution in [2.75, 3.05) is 6.61 Å². The van der Waals surface area contributed by atoms with Crippen LogP contribution in [-0.4, -0.2) is 50.7 Å². The summed E-state index contributed by atoms with van der Waals surface area (Å²) in [6, 6.07) is 0. The maximum absolute atomic E-state index is 11.0. The molecule has 3 atom stereocenters. The maximum atomic E-state index is 11.0. The van der Waals surface area contributed by atoms with Gasteiger partial charge in [0.05, 0.1) is 12.7 Å². The van der Waals surface area contributed by atoms with E-state index in [-0.39, 0.29) is 6.42 Å². The Hall–Kier alpha value is -0.690. The van der Waals surface area contributed by atoms with E-state index in [1.165, 1.54) is 70.6 Å². The summed E-state index contributed by atoms with van der Waals surface area (Å²) in [5, 5.41) is 37.9. The van der Waals surface area contributed by atoms with Crippen molar-refractivity contribution in [2.24, 2.45) is 5.73 Å². The zero-order chi connectivity index (χ0) is 20.5. The molecule has 0 aromatic heterocycles. The van der Waals surface area contributed by atoms with Gasteiger partial charge in [-0.15, -0.1) is 0 Å². The molecule has 0 aliphatic heterocycles. The van der Waals surface area contributed by atoms with E-state index in [0.29, 0.717) is 6.42 Å². The molecule has 0 rings (SSSR count). The topological polar surface area (TPSA) is 124 Å². The highest BCUT2D eigenvalue weighted by molar-refractivity contribution is 5.79. The predicted molar refractivity (Wildman–Crippen MR) is 109 cm³/mol. The molecule has 6 N–H and O–H groups in total. The molecule has 0 unspecified atom stereocenters. The molecular weight excluding hydrogens is 346 g/mol. The van der Waals surface area contributed by atoms with E-state index in [1.54, 1.807) is 0 Å². The van der Waals surface area contributed by atoms with Crippen LogP contribution >= 0.6 is 0 Å². The number of unbranched alkanes of at least 4 members (excludes halogenated alkanes) is 13. The molecule has 6 heteroatoms. The molecule has 162 valence electrons. The van der Waals surface area contributed by atoms with Crippen LogP contribution in [0, 0.1) is 0 Å². The van der Waals surface area contributed by atoms with Gasteiger partial charge in [0.2, 0.25) is 0 Å². The number of carboxylic acid groups (broad SMARTS) is 1. The second-order valence-corrected chi connectivity index (χ2v) is 7.90. The van der Waals surface area contributed by atoms with Crippen LogP contribution in [0.25, 0.3) is 0 Å². The van der Waals surface area contributed by atoms with E-state index in [0.717, 1.165) is 12.8 Å². The minimum atomic E-state index is -2.21. The number of aliphatic hydroxyl groups is 3. The van der Waals surface area contributed by atoms with Crippen LogP contribution in [0.4, 0.5) is 0 Å². The summed E-state index contributed by atoms with van der Waals surface area (Å²) in [6.45, 7) is 1.33. The summed E-state index contributed by atoms with van der Waals surface area (Å²) in [6.07, 6.45) is 14.6. The molecule has 0 saturated heterocycles. The molecule has 27 heavy (non-hydrogen) atoms. The molecule has 0 radical (unpaired) electrons. The number of aliphatic carboxylic acids is 1. The average molecular weight is 390 g/mol. The van der Waals surface area contributed by atoms with Crippen LogP contribution in [0.15, 0.2) is 0 Å². The Kier molecular flexibility index (Phi) is 15.9. The Balaban J connectivity index is 3.55. The van der Waals surface area contributed by atoms with Gasteiger partial charge in [-0.25, -0.2) is 0 Å². The first-order chi connectivity index (χ1) is 12.9. The molecule has 0 saturated carbocycles. The molecule has 0 aliphatic carbocycles. The van der Waals surface area contributed by atoms with Crippen molar-refractivity contribution in [3.8, 4) is 0 Å². The summed E-state index contributed by atoms with van der Waals surface area (Å²) >= 11 is 0. The lowest BCUT2D eigenvalue weighted by molar-refractivity contribution is -0.155. The van der Waals surface area contributed by atoms with E-state index in [9.17, 15) is 15.0 Å². The minimum Gasteiger partial charge on any atom is -0.480 e. The molecule has 0 spiro atoms. The van der Waals surface area contributed by atoms with Gasteiger partial charge in [-0.1, -0.05) is 96.8 Å². The first kappa shape index (κ1) is 26.3. The fourth-order valence-electron chi connectivity index (χ4n) is 3.34. The summed E-state index contributed by atoms with van der Waals surface area (Å²) in [5.41, 5.74) is 3.26. The normalized spacial score (nSPS) is 16.0. The summed E-state index contributed by atoms with van der Waals surface area (Å²) in [7, 11) is 0. The quantitative estimate of drug-likeness (QED) is 0.216. The van der Waals surface area contributed by atoms with Crippen LogP contribution in [-0.2, 0) is 4.79 Å². The van der Waals surface area contributed by atoms with Crippen molar-refractivity contribution >= 4 is 5.97 Å². The zero-order valence-electron chi connectivity index (χ0n) is 17.2. The van der Waals surface area contributed by atoms with Crippen molar-refractivity contribution in [1.29, 1.82) is 0 Å². The van der Waals surface area contributed by atoms with E-state index in [2.05, 4.69) is 6.92 Å². The number of hydrogen-bond acceptors (Lipinski definition) is 5. The number of nitrogens with two attached hydrogens (primary N) is 1. The Labute approximate surface area is 165 Å². The van der Waals surface area contributed by atoms with Crippen molar-refractivity contribution in [1.82, 2.24) is 0 Å². The van der Waals surface area contributed by atoms with Crippen LogP contribution < -0.4 is 5.73 Å². The van der Waals surface area contributed by atoms with E-state index < -0.39 is 30.3 Å². The monoisotopic (exact) mass is 389 g/mol. The van der Waals surface area contributed by atoms with Gasteiger partial charge in [0, 0.05) is 0 Å². The number of hydrogen-bond donors (Lipinski definition) is 5. The van der Waals surface area contributed by atoms with Crippen LogP contribution in [0.5, 0.6) is 0 Å². The fourth-order valence-corrected chi connectivity index (χ4v) is 3.34. The Morgan fingerprint density at radius 1 is 0.815 bits per heavy atom. The van der Waals surface area contributed by atoms with Crippen molar-refractivity contribution < 1.29 is 25.2 Å². The Morgan fingerprint density at radius 2 is 1.19 bits per heavy atom. The van der Waals surface area contributed by atoms with Gasteiger partial charge >= 0.3 is 5.97 Å². The summed E-state index contributed by atoms with van der Waals surface area (Å²) in [5.74, 6) is -1.52. The molecule has 0 aromatic rings. The second-order valence-electron chi connectivity index (χ2n) is 7.90. The molecule has 0 aromatic carbocycles. The van der Waals surface area contributed by atoms with Crippen LogP contribution in [0.2, 0.25) is 0 Å². The molecule has 0 fully saturated rings. The third-order valence-electron chi connectivity index (χ3n) is 5.41. The first-order valence-corrected chi connectivity index (χ1v) is 10.9. The largest absolute Gasteiger partial charge is 0.480 e. The van der Waals surface area contributed by atoms with Crippen LogP contribution in [0.3, 0.4) is 0 Å². The van der Waals surface area contributed by atoms with E-state index in [1.807, 2.05) is 0 Å². The predicted octanol–water partition coefficient (Wildman–Crippen LogP) is 3.35. The highest BCUT2D eigenvalue weighted by Crippen LogP contribution is 2.17. The third-order valence-corrected chi connectivity index (χ3v) is 5.41. The fraction of sp³-hybridized carbons (Fsp3) is 0.952. The van der Waals surface area contributed by atoms with Gasteiger partial charge < -0.3 is 26.2 Å². The highest BCUT2D eigenvalue weighted by atomic mass is 16.4. The first-order valence-electron chi connectivity index (χ1n) is 10.9. The lowest BCUT2D eigenvalue weighted by Crippen LogP contribution is -2.63. The number of rotatable bonds is 19. The van der Waals surface area contributed by atoms with Gasteiger partial charge in [-0.05, 0) is 6.42 Å². The molecule has 0 aliphatic rings. The highest BCUT2D eigenvalue weighted by Gasteiger charge is 2.44. The molecule has 0 bridgehead atoms. The summed E-state index contributed by atoms with van der Waals surface area (Å²) < 4.78 is 0. The minimum absolute atomic E-state index is 0.283. The molecule has 0 amide bonds. The number of carbonyl (C=O) groups is 1. The lowest BCUT2D eigenvalue weighted by atomic mass is 9.88. The maximum Gasteiger partial charge on any atom is 0.328 e. The SMILES string of the molecule is CCCCCCCCCCCCCCCC[C@@H](O)[C@H](O)[C@@](N)(CO)C(=O)O. The zero-order valence-corrected chi connectivity index (χ0v) is 17.2. The standard InChI is InChI=1S/C21H43NO5/c1-2-3-4-5-6-7-8-9-10-11-12-13-14-15-16-18(24)19(25)21(22,17-23)20(26)27/h18-19,23-25H,2-17,22H2,1H3,(H,26,27)/t18-,19+,21+/m1/s1. The lowest BCUT2D eigenvalue weighted by Gasteiger charge is -2.31. The number of carboxylic acids is 1. The summed E-state index contributed by atoms with van der Waals surface area (Å²) in [4.78, 5) is 11.0. The van der Waals surface area contributed by atoms with Crippen molar-refractivity contribution in [2.45, 2.75) is 121 Å². The number of aliphatic hydroxyl groups excluding tert-OH is 3. The van der Waals surface area contributed by atoms with E-state index >= 15 is 0 Å². The third kappa shape index (κ3) is 11.7. The average Bonchev–Trinajstić information content (AvgIpc) is 2.66. The van der Waals surface area contributed by atoms with Gasteiger partial charge in [-0.3, -0.25) is 4.79 Å². The molecular formula is C21H43NO5. The molecule has 0 heterocycles. The second kappa shape index (κ2) is 16.3.